The first-order valence-electron chi connectivity index (χ1n) is 7.37. The maximum atomic E-state index is 9.18. The zero-order valence-electron chi connectivity index (χ0n) is 12.2. The monoisotopic (exact) mass is 256 g/mol. The Bertz CT molecular complexity index is 459. The van der Waals surface area contributed by atoms with E-state index in [0.717, 1.165) is 17.2 Å². The molecule has 0 heterocycles. The highest BCUT2D eigenvalue weighted by molar-refractivity contribution is 5.57. The Morgan fingerprint density at radius 3 is 2.68 bits per heavy atom. The molecule has 2 nitrogen and oxygen atoms in total. The van der Waals surface area contributed by atoms with Gasteiger partial charge in [-0.2, -0.15) is 5.26 Å². The standard InChI is InChI=1S/C17H24N2/c1-12(2)15-9-8-13(3)10-17(15)19-16-7-5-4-6-14(16)11-18/h4-7,12-13,15,17,19H,8-10H2,1-3H3. The third-order valence-electron chi connectivity index (χ3n) is 4.41. The molecule has 1 aromatic rings. The van der Waals surface area contributed by atoms with Crippen LogP contribution in [0.1, 0.15) is 45.6 Å². The minimum Gasteiger partial charge on any atom is -0.381 e. The van der Waals surface area contributed by atoms with Gasteiger partial charge < -0.3 is 5.32 Å². The van der Waals surface area contributed by atoms with Crippen LogP contribution < -0.4 is 5.32 Å². The van der Waals surface area contributed by atoms with Crippen LogP contribution in [-0.4, -0.2) is 6.04 Å². The number of benzene rings is 1. The number of nitriles is 1. The Hall–Kier alpha value is -1.49. The smallest absolute Gasteiger partial charge is 0.101 e. The van der Waals surface area contributed by atoms with Crippen molar-refractivity contribution in [2.75, 3.05) is 5.32 Å². The van der Waals surface area contributed by atoms with Crippen LogP contribution in [0.15, 0.2) is 24.3 Å². The SMILES string of the molecule is CC1CCC(C(C)C)C(Nc2ccccc2C#N)C1. The Morgan fingerprint density at radius 1 is 1.26 bits per heavy atom. The van der Waals surface area contributed by atoms with Crippen molar-refractivity contribution in [1.82, 2.24) is 0 Å². The first kappa shape index (κ1) is 13.9. The lowest BCUT2D eigenvalue weighted by Gasteiger charge is -2.38. The molecule has 0 aliphatic heterocycles. The van der Waals surface area contributed by atoms with E-state index < -0.39 is 0 Å². The molecular weight excluding hydrogens is 232 g/mol. The van der Waals surface area contributed by atoms with Crippen molar-refractivity contribution in [1.29, 1.82) is 5.26 Å². The second-order valence-corrected chi connectivity index (χ2v) is 6.23. The molecule has 2 rings (SSSR count). The van der Waals surface area contributed by atoms with Crippen LogP contribution in [-0.2, 0) is 0 Å². The Kier molecular flexibility index (Phi) is 4.47. The van der Waals surface area contributed by atoms with Crippen LogP contribution >= 0.6 is 0 Å². The van der Waals surface area contributed by atoms with Crippen molar-refractivity contribution in [3.05, 3.63) is 29.8 Å². The highest BCUT2D eigenvalue weighted by Gasteiger charge is 2.30. The third kappa shape index (κ3) is 3.29. The van der Waals surface area contributed by atoms with Crippen molar-refractivity contribution in [3.63, 3.8) is 0 Å². The summed E-state index contributed by atoms with van der Waals surface area (Å²) in [7, 11) is 0. The first-order chi connectivity index (χ1) is 9.11. The molecule has 0 aromatic heterocycles. The van der Waals surface area contributed by atoms with E-state index >= 15 is 0 Å². The highest BCUT2D eigenvalue weighted by atomic mass is 14.9. The summed E-state index contributed by atoms with van der Waals surface area (Å²) in [5, 5.41) is 12.8. The predicted molar refractivity (Wildman–Crippen MR) is 79.9 cm³/mol. The topological polar surface area (TPSA) is 35.8 Å². The summed E-state index contributed by atoms with van der Waals surface area (Å²) in [5.74, 6) is 2.18. The number of hydrogen-bond acceptors (Lipinski definition) is 2. The molecule has 3 atom stereocenters. The molecule has 1 N–H and O–H groups in total. The molecular formula is C17H24N2. The summed E-state index contributed by atoms with van der Waals surface area (Å²) in [6.07, 6.45) is 3.84. The number of anilines is 1. The van der Waals surface area contributed by atoms with Gasteiger partial charge in [-0.25, -0.2) is 0 Å². The van der Waals surface area contributed by atoms with Gasteiger partial charge in [0.1, 0.15) is 6.07 Å². The van der Waals surface area contributed by atoms with E-state index in [1.165, 1.54) is 19.3 Å². The summed E-state index contributed by atoms with van der Waals surface area (Å²) in [6.45, 7) is 6.96. The summed E-state index contributed by atoms with van der Waals surface area (Å²) in [4.78, 5) is 0. The van der Waals surface area contributed by atoms with E-state index in [0.29, 0.717) is 17.9 Å². The summed E-state index contributed by atoms with van der Waals surface area (Å²) in [5.41, 5.74) is 1.75. The average molecular weight is 256 g/mol. The lowest BCUT2D eigenvalue weighted by atomic mass is 9.74. The van der Waals surface area contributed by atoms with Crippen molar-refractivity contribution >= 4 is 5.69 Å². The highest BCUT2D eigenvalue weighted by Crippen LogP contribution is 2.35. The number of rotatable bonds is 3. The minimum atomic E-state index is 0.498. The maximum absolute atomic E-state index is 9.18. The Labute approximate surface area is 116 Å². The van der Waals surface area contributed by atoms with Gasteiger partial charge in [0.15, 0.2) is 0 Å². The Morgan fingerprint density at radius 2 is 2.00 bits per heavy atom. The third-order valence-corrected chi connectivity index (χ3v) is 4.41. The van der Waals surface area contributed by atoms with Crippen LogP contribution in [0, 0.1) is 29.1 Å². The number of para-hydroxylation sites is 1. The number of nitrogens with zero attached hydrogens (tertiary/aromatic N) is 1. The lowest BCUT2D eigenvalue weighted by Crippen LogP contribution is -2.38. The summed E-state index contributed by atoms with van der Waals surface area (Å²) >= 11 is 0. The minimum absolute atomic E-state index is 0.498. The van der Waals surface area contributed by atoms with Crippen LogP contribution in [0.4, 0.5) is 5.69 Å². The van der Waals surface area contributed by atoms with Gasteiger partial charge in [-0.15, -0.1) is 0 Å². The second-order valence-electron chi connectivity index (χ2n) is 6.23. The van der Waals surface area contributed by atoms with Crippen LogP contribution in [0.2, 0.25) is 0 Å². The van der Waals surface area contributed by atoms with Crippen LogP contribution in [0.3, 0.4) is 0 Å². The summed E-state index contributed by atoms with van der Waals surface area (Å²) < 4.78 is 0. The molecule has 1 aliphatic carbocycles. The van der Waals surface area contributed by atoms with Gasteiger partial charge in [0, 0.05) is 6.04 Å². The van der Waals surface area contributed by atoms with E-state index in [1.54, 1.807) is 0 Å². The van der Waals surface area contributed by atoms with Gasteiger partial charge in [0.25, 0.3) is 0 Å². The fourth-order valence-electron chi connectivity index (χ4n) is 3.27. The molecule has 1 saturated carbocycles. The molecule has 1 fully saturated rings. The molecule has 102 valence electrons. The van der Waals surface area contributed by atoms with Gasteiger partial charge in [0.2, 0.25) is 0 Å². The maximum Gasteiger partial charge on any atom is 0.101 e. The van der Waals surface area contributed by atoms with Crippen molar-refractivity contribution < 1.29 is 0 Å². The van der Waals surface area contributed by atoms with Crippen molar-refractivity contribution in [3.8, 4) is 6.07 Å². The molecule has 0 spiro atoms. The van der Waals surface area contributed by atoms with Crippen LogP contribution in [0.5, 0.6) is 0 Å². The van der Waals surface area contributed by atoms with E-state index in [4.69, 9.17) is 0 Å². The molecule has 0 amide bonds. The zero-order chi connectivity index (χ0) is 13.8. The molecule has 3 unspecified atom stereocenters. The lowest BCUT2D eigenvalue weighted by molar-refractivity contribution is 0.212. The van der Waals surface area contributed by atoms with Crippen LogP contribution in [0.25, 0.3) is 0 Å². The molecule has 0 saturated heterocycles. The van der Waals surface area contributed by atoms with E-state index in [2.05, 4.69) is 32.2 Å². The molecule has 1 aromatic carbocycles. The Balaban J connectivity index is 2.17. The average Bonchev–Trinajstić information content (AvgIpc) is 2.39. The molecule has 2 heteroatoms. The van der Waals surface area contributed by atoms with E-state index in [-0.39, 0.29) is 0 Å². The fraction of sp³-hybridized carbons (Fsp3) is 0.588. The van der Waals surface area contributed by atoms with Gasteiger partial charge in [0.05, 0.1) is 11.3 Å². The van der Waals surface area contributed by atoms with Gasteiger partial charge in [-0.05, 0) is 42.7 Å². The first-order valence-corrected chi connectivity index (χ1v) is 7.37. The predicted octanol–water partition coefficient (Wildman–Crippen LogP) is 4.43. The molecule has 0 bridgehead atoms. The second kappa shape index (κ2) is 6.10. The van der Waals surface area contributed by atoms with Gasteiger partial charge in [-0.1, -0.05) is 39.3 Å². The zero-order valence-corrected chi connectivity index (χ0v) is 12.2. The fourth-order valence-corrected chi connectivity index (χ4v) is 3.27. The van der Waals surface area contributed by atoms with Gasteiger partial charge >= 0.3 is 0 Å². The van der Waals surface area contributed by atoms with E-state index in [1.807, 2.05) is 24.3 Å². The quantitative estimate of drug-likeness (QED) is 0.868. The van der Waals surface area contributed by atoms with E-state index in [9.17, 15) is 5.26 Å². The number of hydrogen-bond donors (Lipinski definition) is 1. The molecule has 19 heavy (non-hydrogen) atoms. The largest absolute Gasteiger partial charge is 0.381 e. The summed E-state index contributed by atoms with van der Waals surface area (Å²) in [6, 6.07) is 10.6. The van der Waals surface area contributed by atoms with Gasteiger partial charge in [-0.3, -0.25) is 0 Å². The molecule has 1 aliphatic rings. The molecule has 0 radical (unpaired) electrons. The number of nitrogens with one attached hydrogen (secondary N) is 1. The van der Waals surface area contributed by atoms with Crippen molar-refractivity contribution in [2.24, 2.45) is 17.8 Å². The normalized spacial score (nSPS) is 27.0. The van der Waals surface area contributed by atoms with Crippen molar-refractivity contribution in [2.45, 2.75) is 46.1 Å².